The van der Waals surface area contributed by atoms with Gasteiger partial charge in [0.2, 0.25) is 0 Å². The number of ether oxygens (including phenoxy) is 1. The maximum atomic E-state index is 6.03. The summed E-state index contributed by atoms with van der Waals surface area (Å²) in [5.41, 5.74) is 6.71. The first-order chi connectivity index (χ1) is 9.49. The molecule has 2 rings (SSSR count). The zero-order chi connectivity index (χ0) is 14.7. The van der Waals surface area contributed by atoms with E-state index in [0.29, 0.717) is 34.8 Å². The van der Waals surface area contributed by atoms with Crippen LogP contribution in [0.25, 0.3) is 0 Å². The van der Waals surface area contributed by atoms with Gasteiger partial charge in [-0.3, -0.25) is 0 Å². The molecule has 0 aliphatic rings. The molecule has 5 nitrogen and oxygen atoms in total. The van der Waals surface area contributed by atoms with E-state index in [1.165, 1.54) is 0 Å². The molecule has 0 radical (unpaired) electrons. The van der Waals surface area contributed by atoms with Crippen LogP contribution in [-0.4, -0.2) is 21.6 Å². The third kappa shape index (κ3) is 3.35. The van der Waals surface area contributed by atoms with Gasteiger partial charge in [-0.05, 0) is 24.1 Å². The number of halogens is 2. The Morgan fingerprint density at radius 3 is 2.75 bits per heavy atom. The van der Waals surface area contributed by atoms with Crippen molar-refractivity contribution in [3.63, 3.8) is 0 Å². The smallest absolute Gasteiger partial charge is 0.169 e. The molecule has 0 saturated heterocycles. The minimum absolute atomic E-state index is 0.254. The molecule has 0 amide bonds. The lowest BCUT2D eigenvalue weighted by Crippen LogP contribution is -2.13. The number of nitrogen functional groups attached to an aromatic ring is 1. The fourth-order valence-electron chi connectivity index (χ4n) is 1.93. The molecular weight excluding hydrogens is 299 g/mol. The predicted octanol–water partition coefficient (Wildman–Crippen LogP) is 3.37. The Kier molecular flexibility index (Phi) is 4.73. The number of rotatable bonds is 5. The van der Waals surface area contributed by atoms with Crippen molar-refractivity contribution in [1.29, 1.82) is 0 Å². The number of anilines is 1. The topological polar surface area (TPSA) is 66.0 Å². The molecular formula is C13H16Cl2N4O. The molecule has 0 unspecified atom stereocenters. The number of benzene rings is 1. The molecule has 1 heterocycles. The van der Waals surface area contributed by atoms with Crippen molar-refractivity contribution in [2.24, 2.45) is 0 Å². The molecule has 0 saturated carbocycles. The summed E-state index contributed by atoms with van der Waals surface area (Å²) >= 11 is 11.9. The van der Waals surface area contributed by atoms with Gasteiger partial charge in [-0.2, -0.15) is 0 Å². The molecule has 1 aromatic carbocycles. The van der Waals surface area contributed by atoms with Gasteiger partial charge in [-0.25, -0.2) is 4.68 Å². The summed E-state index contributed by atoms with van der Waals surface area (Å²) in [6.45, 7) is 5.06. The van der Waals surface area contributed by atoms with Crippen molar-refractivity contribution >= 4 is 29.0 Å². The van der Waals surface area contributed by atoms with Crippen LogP contribution >= 0.6 is 23.2 Å². The Labute approximate surface area is 127 Å². The number of hydrogen-bond donors (Lipinski definition) is 1. The normalized spacial score (nSPS) is 11.1. The molecule has 2 N–H and O–H groups in total. The maximum Gasteiger partial charge on any atom is 0.169 e. The highest BCUT2D eigenvalue weighted by Gasteiger charge is 2.13. The molecule has 0 aliphatic carbocycles. The van der Waals surface area contributed by atoms with E-state index in [0.717, 1.165) is 5.69 Å². The first-order valence-corrected chi connectivity index (χ1v) is 7.01. The van der Waals surface area contributed by atoms with E-state index >= 15 is 0 Å². The molecule has 108 valence electrons. The standard InChI is InChI=1S/C13H16Cl2N4O/c1-8(2)12-13(16)17-18-19(12)5-6-20-11-4-3-9(14)7-10(11)15/h3-4,7-8H,5-6,16H2,1-2H3. The largest absolute Gasteiger partial charge is 0.490 e. The van der Waals surface area contributed by atoms with Crippen LogP contribution < -0.4 is 10.5 Å². The number of aromatic nitrogens is 3. The Bertz CT molecular complexity index is 598. The van der Waals surface area contributed by atoms with Crippen LogP contribution in [0.1, 0.15) is 25.5 Å². The molecule has 2 aromatic rings. The van der Waals surface area contributed by atoms with Gasteiger partial charge in [0.25, 0.3) is 0 Å². The third-order valence-corrected chi connectivity index (χ3v) is 3.33. The lowest BCUT2D eigenvalue weighted by atomic mass is 10.1. The Balaban J connectivity index is 2.00. The van der Waals surface area contributed by atoms with E-state index in [-0.39, 0.29) is 5.92 Å². The third-order valence-electron chi connectivity index (χ3n) is 2.80. The zero-order valence-electron chi connectivity index (χ0n) is 11.3. The molecule has 1 aromatic heterocycles. The fraction of sp³-hybridized carbons (Fsp3) is 0.385. The highest BCUT2D eigenvalue weighted by molar-refractivity contribution is 6.35. The van der Waals surface area contributed by atoms with E-state index in [1.807, 2.05) is 13.8 Å². The Morgan fingerprint density at radius 1 is 1.35 bits per heavy atom. The number of hydrogen-bond acceptors (Lipinski definition) is 4. The summed E-state index contributed by atoms with van der Waals surface area (Å²) in [5, 5.41) is 8.96. The lowest BCUT2D eigenvalue weighted by molar-refractivity contribution is 0.287. The van der Waals surface area contributed by atoms with E-state index in [2.05, 4.69) is 10.3 Å². The second-order valence-electron chi connectivity index (χ2n) is 4.66. The van der Waals surface area contributed by atoms with Crippen molar-refractivity contribution in [3.05, 3.63) is 33.9 Å². The minimum atomic E-state index is 0.254. The van der Waals surface area contributed by atoms with E-state index in [4.69, 9.17) is 33.7 Å². The van der Waals surface area contributed by atoms with Gasteiger partial charge in [-0.1, -0.05) is 42.3 Å². The fourth-order valence-corrected chi connectivity index (χ4v) is 2.39. The van der Waals surface area contributed by atoms with Crippen LogP contribution in [0.15, 0.2) is 18.2 Å². The molecule has 7 heteroatoms. The van der Waals surface area contributed by atoms with Crippen molar-refractivity contribution in [2.45, 2.75) is 26.3 Å². The van der Waals surface area contributed by atoms with Crippen molar-refractivity contribution in [1.82, 2.24) is 15.0 Å². The molecule has 0 fully saturated rings. The van der Waals surface area contributed by atoms with Crippen LogP contribution in [0, 0.1) is 0 Å². The molecule has 0 spiro atoms. The van der Waals surface area contributed by atoms with Gasteiger partial charge < -0.3 is 10.5 Å². The summed E-state index contributed by atoms with van der Waals surface area (Å²) in [4.78, 5) is 0. The van der Waals surface area contributed by atoms with Crippen LogP contribution in [0.5, 0.6) is 5.75 Å². The van der Waals surface area contributed by atoms with Gasteiger partial charge in [0.15, 0.2) is 5.82 Å². The number of nitrogens with two attached hydrogens (primary N) is 1. The highest BCUT2D eigenvalue weighted by Crippen LogP contribution is 2.27. The van der Waals surface area contributed by atoms with Crippen LogP contribution in [0.3, 0.4) is 0 Å². The minimum Gasteiger partial charge on any atom is -0.490 e. The van der Waals surface area contributed by atoms with Crippen LogP contribution in [-0.2, 0) is 6.54 Å². The monoisotopic (exact) mass is 314 g/mol. The highest BCUT2D eigenvalue weighted by atomic mass is 35.5. The first kappa shape index (κ1) is 14.9. The number of nitrogens with zero attached hydrogens (tertiary/aromatic N) is 3. The van der Waals surface area contributed by atoms with Crippen molar-refractivity contribution < 1.29 is 4.74 Å². The second kappa shape index (κ2) is 6.33. The average molecular weight is 315 g/mol. The van der Waals surface area contributed by atoms with Gasteiger partial charge in [-0.15, -0.1) is 5.10 Å². The Hall–Kier alpha value is -1.46. The molecule has 20 heavy (non-hydrogen) atoms. The van der Waals surface area contributed by atoms with E-state index in [1.54, 1.807) is 22.9 Å². The van der Waals surface area contributed by atoms with Gasteiger partial charge >= 0.3 is 0 Å². The van der Waals surface area contributed by atoms with Crippen molar-refractivity contribution in [3.8, 4) is 5.75 Å². The Morgan fingerprint density at radius 2 is 2.10 bits per heavy atom. The van der Waals surface area contributed by atoms with Gasteiger partial charge in [0, 0.05) is 5.02 Å². The van der Waals surface area contributed by atoms with Gasteiger partial charge in [0.05, 0.1) is 17.3 Å². The predicted molar refractivity (Wildman–Crippen MR) is 80.5 cm³/mol. The SMILES string of the molecule is CC(C)c1c(N)nnn1CCOc1ccc(Cl)cc1Cl. The summed E-state index contributed by atoms with van der Waals surface area (Å²) in [6.07, 6.45) is 0. The van der Waals surface area contributed by atoms with Crippen LogP contribution in [0.4, 0.5) is 5.82 Å². The average Bonchev–Trinajstić information content (AvgIpc) is 2.73. The maximum absolute atomic E-state index is 6.03. The van der Waals surface area contributed by atoms with E-state index < -0.39 is 0 Å². The first-order valence-electron chi connectivity index (χ1n) is 6.25. The summed E-state index contributed by atoms with van der Waals surface area (Å²) in [7, 11) is 0. The molecule has 0 bridgehead atoms. The molecule has 0 aliphatic heterocycles. The summed E-state index contributed by atoms with van der Waals surface area (Å²) in [5.74, 6) is 1.31. The quantitative estimate of drug-likeness (QED) is 0.918. The zero-order valence-corrected chi connectivity index (χ0v) is 12.8. The van der Waals surface area contributed by atoms with Gasteiger partial charge in [0.1, 0.15) is 12.4 Å². The summed E-state index contributed by atoms with van der Waals surface area (Å²) < 4.78 is 7.37. The van der Waals surface area contributed by atoms with Crippen molar-refractivity contribution in [2.75, 3.05) is 12.3 Å². The summed E-state index contributed by atoms with van der Waals surface area (Å²) in [6, 6.07) is 5.12. The lowest BCUT2D eigenvalue weighted by Gasteiger charge is -2.11. The van der Waals surface area contributed by atoms with E-state index in [9.17, 15) is 0 Å². The molecule has 0 atom stereocenters. The van der Waals surface area contributed by atoms with Crippen LogP contribution in [0.2, 0.25) is 10.0 Å². The second-order valence-corrected chi connectivity index (χ2v) is 5.50.